The van der Waals surface area contributed by atoms with Crippen LogP contribution in [0.2, 0.25) is 18.6 Å². The van der Waals surface area contributed by atoms with Crippen molar-refractivity contribution in [3.63, 3.8) is 0 Å². The molecule has 0 radical (unpaired) electrons. The number of benzene rings is 1. The van der Waals surface area contributed by atoms with Gasteiger partial charge >= 0.3 is 35.6 Å². The maximum absolute atomic E-state index is 5.39. The number of methoxy groups -OCH3 is 1. The third-order valence-corrected chi connectivity index (χ3v) is 13.4. The van der Waals surface area contributed by atoms with Crippen LogP contribution in [0.5, 0.6) is 5.75 Å². The Bertz CT molecular complexity index is 1120. The molecule has 6 rings (SSSR count). The van der Waals surface area contributed by atoms with Gasteiger partial charge in [0.2, 0.25) is 0 Å². The average Bonchev–Trinajstić information content (AvgIpc) is 3.44. The van der Waals surface area contributed by atoms with Gasteiger partial charge in [-0.25, -0.2) is 0 Å². The summed E-state index contributed by atoms with van der Waals surface area (Å²) in [6, 6.07) is 9.00. The molecule has 2 fully saturated rings. The first kappa shape index (κ1) is 29.9. The summed E-state index contributed by atoms with van der Waals surface area (Å²) in [4.78, 5) is 0. The van der Waals surface area contributed by atoms with Crippen molar-refractivity contribution in [2.75, 3.05) is 7.11 Å². The molecule has 7 heteroatoms. The summed E-state index contributed by atoms with van der Waals surface area (Å²) >= 11 is -0.556. The molecule has 7 atom stereocenters. The summed E-state index contributed by atoms with van der Waals surface area (Å²) < 4.78 is 8.24. The van der Waals surface area contributed by atoms with Crippen molar-refractivity contribution >= 4 is 32.4 Å². The molecular weight excluding hydrogens is 563 g/mol. The first-order chi connectivity index (χ1) is 17.9. The Labute approximate surface area is 247 Å². The number of ether oxygens (including phenoxy) is 1. The molecule has 38 heavy (non-hydrogen) atoms. The molecule has 3 nitrogen and oxygen atoms in total. The van der Waals surface area contributed by atoms with E-state index in [0.717, 1.165) is 5.75 Å². The van der Waals surface area contributed by atoms with E-state index >= 15 is 0 Å². The first-order valence-electron chi connectivity index (χ1n) is 13.1. The van der Waals surface area contributed by atoms with Gasteiger partial charge in [-0.3, -0.25) is 0 Å². The van der Waals surface area contributed by atoms with E-state index in [1.54, 1.807) is 7.11 Å². The molecular formula is C31H38Cl2N2OSiTi-2. The van der Waals surface area contributed by atoms with Crippen molar-refractivity contribution in [1.82, 2.24) is 4.57 Å². The summed E-state index contributed by atoms with van der Waals surface area (Å²) in [5, 5.41) is 5.38. The van der Waals surface area contributed by atoms with Gasteiger partial charge < -0.3 is 22.0 Å². The van der Waals surface area contributed by atoms with Crippen molar-refractivity contribution in [3.05, 3.63) is 109 Å². The molecule has 5 aliphatic rings. The van der Waals surface area contributed by atoms with E-state index in [-0.39, 0.29) is 19.6 Å². The standard InChI is InChI=1S/C30H35N2OSi.CH3.2ClH.Ti/c1-20-31-29-23(21-16-18-22(33-2)19-17-21)14-9-15-28(29)32(20)34(3,4)30-26-12-7-5-10-24(26)25-11-6-8-13-27(25)30;;;;/h5-20,24-30H,1-4H3;1H3;2*1H;/q2*-1;;;+2/p-2/t20-,24?,25?,26?,27?,28+,29?,30?;;;;/m0..../s1. The topological polar surface area (TPSA) is 26.6 Å². The predicted octanol–water partition coefficient (Wildman–Crippen LogP) is 8.55. The van der Waals surface area contributed by atoms with Crippen molar-refractivity contribution in [2.45, 2.75) is 43.8 Å². The van der Waals surface area contributed by atoms with Gasteiger partial charge in [-0.1, -0.05) is 117 Å². The predicted molar refractivity (Wildman–Crippen MR) is 162 cm³/mol. The fraction of sp³-hybridized carbons (Fsp3) is 0.387. The third kappa shape index (κ3) is 5.31. The van der Waals surface area contributed by atoms with Crippen LogP contribution in [0.1, 0.15) is 12.5 Å². The van der Waals surface area contributed by atoms with Gasteiger partial charge in [-0.2, -0.15) is 0 Å². The van der Waals surface area contributed by atoms with Crippen LogP contribution in [0.25, 0.3) is 10.9 Å². The quantitative estimate of drug-likeness (QED) is 0.256. The van der Waals surface area contributed by atoms with E-state index in [1.165, 1.54) is 11.1 Å². The maximum atomic E-state index is 5.39. The molecule has 1 aromatic rings. The normalized spacial score (nSPS) is 34.3. The molecule has 0 amide bonds. The number of halogens is 2. The Morgan fingerprint density at radius 3 is 1.89 bits per heavy atom. The first-order valence-corrected chi connectivity index (χ1v) is 20.4. The van der Waals surface area contributed by atoms with Crippen molar-refractivity contribution in [3.8, 4) is 5.75 Å². The molecule has 1 heterocycles. The SMILES string of the molecule is COc1ccc(C2=CC=C[C@@H]3C2[N-][C@H](C)N3[Si](C)(C)C2C3C=CC=CC3C3C=CC=CC32)cc1.[CH3-].[Cl][Ti][Cl]. The van der Waals surface area contributed by atoms with Crippen molar-refractivity contribution in [1.29, 1.82) is 0 Å². The van der Waals surface area contributed by atoms with E-state index in [9.17, 15) is 0 Å². The average molecular weight is 602 g/mol. The zero-order chi connectivity index (χ0) is 26.2. The number of rotatable bonds is 4. The molecule has 0 bridgehead atoms. The summed E-state index contributed by atoms with van der Waals surface area (Å²) in [5.74, 6) is 3.37. The molecule has 1 saturated heterocycles. The zero-order valence-electron chi connectivity index (χ0n) is 22.8. The Morgan fingerprint density at radius 2 is 1.37 bits per heavy atom. The molecule has 1 aromatic carbocycles. The van der Waals surface area contributed by atoms with Crippen LogP contribution in [0.3, 0.4) is 0 Å². The van der Waals surface area contributed by atoms with E-state index in [0.29, 0.717) is 35.3 Å². The van der Waals surface area contributed by atoms with Crippen LogP contribution in [-0.4, -0.2) is 38.2 Å². The minimum absolute atomic E-state index is 0. The van der Waals surface area contributed by atoms with Gasteiger partial charge in [0, 0.05) is 6.04 Å². The molecule has 1 aliphatic heterocycles. The van der Waals surface area contributed by atoms with Gasteiger partial charge in [-0.15, -0.1) is 0 Å². The van der Waals surface area contributed by atoms with E-state index in [1.807, 2.05) is 0 Å². The van der Waals surface area contributed by atoms with E-state index in [4.69, 9.17) is 28.7 Å². The van der Waals surface area contributed by atoms with Gasteiger partial charge in [0.15, 0.2) is 0 Å². The van der Waals surface area contributed by atoms with Crippen LogP contribution < -0.4 is 4.74 Å². The Kier molecular flexibility index (Phi) is 9.90. The Hall–Kier alpha value is -1.11. The zero-order valence-corrected chi connectivity index (χ0v) is 26.9. The molecule has 0 N–H and O–H groups in total. The van der Waals surface area contributed by atoms with Crippen LogP contribution in [0, 0.1) is 31.1 Å². The van der Waals surface area contributed by atoms with Crippen LogP contribution >= 0.6 is 18.6 Å². The fourth-order valence-electron chi connectivity index (χ4n) is 7.69. The van der Waals surface area contributed by atoms with Crippen LogP contribution in [0.15, 0.2) is 91.1 Å². The molecule has 5 unspecified atom stereocenters. The summed E-state index contributed by atoms with van der Waals surface area (Å²) in [7, 11) is 9.60. The third-order valence-electron chi connectivity index (χ3n) is 8.95. The number of nitrogens with zero attached hydrogens (tertiary/aromatic N) is 2. The molecule has 202 valence electrons. The second-order valence-corrected chi connectivity index (χ2v) is 18.0. The molecule has 0 aromatic heterocycles. The van der Waals surface area contributed by atoms with Crippen LogP contribution in [-0.2, 0) is 17.0 Å². The number of allylic oxidation sites excluding steroid dienone is 10. The Morgan fingerprint density at radius 1 is 0.842 bits per heavy atom. The van der Waals surface area contributed by atoms with Crippen LogP contribution in [0.4, 0.5) is 0 Å². The van der Waals surface area contributed by atoms with E-state index < -0.39 is 25.3 Å². The van der Waals surface area contributed by atoms with E-state index in [2.05, 4.69) is 116 Å². The van der Waals surface area contributed by atoms with Gasteiger partial charge in [-0.05, 0) is 46.9 Å². The van der Waals surface area contributed by atoms with Gasteiger partial charge in [0.1, 0.15) is 14.0 Å². The molecule has 4 aliphatic carbocycles. The molecule has 0 spiro atoms. The van der Waals surface area contributed by atoms with Gasteiger partial charge in [0.25, 0.3) is 0 Å². The molecule has 1 saturated carbocycles. The number of hydrogen-bond donors (Lipinski definition) is 0. The monoisotopic (exact) mass is 600 g/mol. The second kappa shape index (κ2) is 12.6. The summed E-state index contributed by atoms with van der Waals surface area (Å²) in [5.41, 5.74) is 3.25. The number of fused-ring (bicyclic) bond motifs is 4. The van der Waals surface area contributed by atoms with Crippen molar-refractivity contribution < 1.29 is 21.8 Å². The van der Waals surface area contributed by atoms with Crippen molar-refractivity contribution in [2.24, 2.45) is 23.7 Å². The Balaban J connectivity index is 0.000000804. The minimum atomic E-state index is -1.90. The fourth-order valence-corrected chi connectivity index (χ4v) is 12.6. The summed E-state index contributed by atoms with van der Waals surface area (Å²) in [6.07, 6.45) is 26.2. The summed E-state index contributed by atoms with van der Waals surface area (Å²) in [6.45, 7) is 7.55. The van der Waals surface area contributed by atoms with Gasteiger partial charge in [0.05, 0.1) is 7.11 Å². The number of hydrogen-bond acceptors (Lipinski definition) is 2. The second-order valence-electron chi connectivity index (χ2n) is 11.0.